The summed E-state index contributed by atoms with van der Waals surface area (Å²) >= 11 is 0. The van der Waals surface area contributed by atoms with Crippen molar-refractivity contribution in [1.29, 1.82) is 0 Å². The van der Waals surface area contributed by atoms with Crippen molar-refractivity contribution in [1.82, 2.24) is 15.5 Å². The number of benzene rings is 1. The molecule has 0 aromatic heterocycles. The third-order valence-electron chi connectivity index (χ3n) is 3.07. The highest BCUT2D eigenvalue weighted by molar-refractivity contribution is 5.98. The van der Waals surface area contributed by atoms with E-state index in [-0.39, 0.29) is 18.0 Å². The van der Waals surface area contributed by atoms with Crippen LogP contribution in [-0.2, 0) is 4.79 Å². The number of rotatable bonds is 3. The highest BCUT2D eigenvalue weighted by Gasteiger charge is 2.18. The highest BCUT2D eigenvalue weighted by atomic mass is 19.1. The minimum atomic E-state index is -0.629. The molecule has 7 heteroatoms. The fourth-order valence-electron chi connectivity index (χ4n) is 1.97. The maximum Gasteiger partial charge on any atom is 0.255 e. The molecule has 1 aliphatic rings. The van der Waals surface area contributed by atoms with Crippen molar-refractivity contribution >= 4 is 11.8 Å². The van der Waals surface area contributed by atoms with Crippen molar-refractivity contribution in [2.75, 3.05) is 32.7 Å². The number of phenolic OH excluding ortho intramolecular Hbond substituents is 1. The SMILES string of the molecule is O=C(NCC(=O)N1CCNCC1)c1ccc(F)cc1O. The van der Waals surface area contributed by atoms with Gasteiger partial charge in [0.05, 0.1) is 12.1 Å². The van der Waals surface area contributed by atoms with Gasteiger partial charge in [0, 0.05) is 32.2 Å². The molecule has 1 aromatic rings. The van der Waals surface area contributed by atoms with E-state index in [1.54, 1.807) is 4.90 Å². The fraction of sp³-hybridized carbons (Fsp3) is 0.385. The first kappa shape index (κ1) is 14.3. The van der Waals surface area contributed by atoms with Crippen LogP contribution in [0, 0.1) is 5.82 Å². The van der Waals surface area contributed by atoms with Crippen molar-refractivity contribution in [2.45, 2.75) is 0 Å². The van der Waals surface area contributed by atoms with Gasteiger partial charge in [0.15, 0.2) is 0 Å². The Morgan fingerprint density at radius 1 is 1.35 bits per heavy atom. The van der Waals surface area contributed by atoms with Gasteiger partial charge in [-0.05, 0) is 12.1 Å². The largest absolute Gasteiger partial charge is 0.507 e. The monoisotopic (exact) mass is 281 g/mol. The van der Waals surface area contributed by atoms with Gasteiger partial charge in [0.2, 0.25) is 5.91 Å². The summed E-state index contributed by atoms with van der Waals surface area (Å²) in [5, 5.41) is 15.0. The lowest BCUT2D eigenvalue weighted by Gasteiger charge is -2.27. The molecule has 0 spiro atoms. The molecule has 0 radical (unpaired) electrons. The average molecular weight is 281 g/mol. The van der Waals surface area contributed by atoms with E-state index in [0.29, 0.717) is 13.1 Å². The molecule has 2 rings (SSSR count). The lowest BCUT2D eigenvalue weighted by atomic mass is 10.2. The summed E-state index contributed by atoms with van der Waals surface area (Å²) in [4.78, 5) is 25.3. The van der Waals surface area contributed by atoms with Crippen LogP contribution in [0.15, 0.2) is 18.2 Å². The number of carbonyl (C=O) groups excluding carboxylic acids is 2. The summed E-state index contributed by atoms with van der Waals surface area (Å²) in [7, 11) is 0. The van der Waals surface area contributed by atoms with E-state index in [1.807, 2.05) is 0 Å². The molecule has 1 aromatic carbocycles. The standard InChI is InChI=1S/C13H16FN3O3/c14-9-1-2-10(11(18)7-9)13(20)16-8-12(19)17-5-3-15-4-6-17/h1-2,7,15,18H,3-6,8H2,(H,16,20). The Morgan fingerprint density at radius 3 is 2.70 bits per heavy atom. The number of nitrogens with zero attached hydrogens (tertiary/aromatic N) is 1. The topological polar surface area (TPSA) is 81.7 Å². The molecule has 1 saturated heterocycles. The van der Waals surface area contributed by atoms with Crippen LogP contribution in [0.4, 0.5) is 4.39 Å². The molecule has 3 N–H and O–H groups in total. The Morgan fingerprint density at radius 2 is 2.05 bits per heavy atom. The minimum Gasteiger partial charge on any atom is -0.507 e. The fourth-order valence-corrected chi connectivity index (χ4v) is 1.97. The number of phenols is 1. The predicted molar refractivity (Wildman–Crippen MR) is 69.8 cm³/mol. The first-order chi connectivity index (χ1) is 9.58. The number of aromatic hydroxyl groups is 1. The molecular formula is C13H16FN3O3. The van der Waals surface area contributed by atoms with E-state index in [4.69, 9.17) is 0 Å². The molecule has 6 nitrogen and oxygen atoms in total. The summed E-state index contributed by atoms with van der Waals surface area (Å²) < 4.78 is 12.8. The Labute approximate surface area is 115 Å². The molecule has 108 valence electrons. The second-order valence-corrected chi connectivity index (χ2v) is 4.47. The summed E-state index contributed by atoms with van der Waals surface area (Å²) in [6.07, 6.45) is 0. The number of hydrogen-bond acceptors (Lipinski definition) is 4. The van der Waals surface area contributed by atoms with Gasteiger partial charge in [0.1, 0.15) is 11.6 Å². The van der Waals surface area contributed by atoms with Crippen LogP contribution in [0.25, 0.3) is 0 Å². The highest BCUT2D eigenvalue weighted by Crippen LogP contribution is 2.17. The van der Waals surface area contributed by atoms with Gasteiger partial charge in [-0.25, -0.2) is 4.39 Å². The normalized spacial score (nSPS) is 14.9. The van der Waals surface area contributed by atoms with Crippen LogP contribution in [0.1, 0.15) is 10.4 Å². The maximum atomic E-state index is 12.8. The molecule has 2 amide bonds. The van der Waals surface area contributed by atoms with E-state index in [9.17, 15) is 19.1 Å². The number of halogens is 1. The van der Waals surface area contributed by atoms with Crippen molar-refractivity contribution < 1.29 is 19.1 Å². The maximum absolute atomic E-state index is 12.8. The van der Waals surface area contributed by atoms with Crippen molar-refractivity contribution in [3.63, 3.8) is 0 Å². The van der Waals surface area contributed by atoms with E-state index in [2.05, 4.69) is 10.6 Å². The van der Waals surface area contributed by atoms with E-state index >= 15 is 0 Å². The van der Waals surface area contributed by atoms with Crippen molar-refractivity contribution in [3.05, 3.63) is 29.6 Å². The van der Waals surface area contributed by atoms with E-state index in [1.165, 1.54) is 6.07 Å². The second kappa shape index (κ2) is 6.33. The van der Waals surface area contributed by atoms with Crippen molar-refractivity contribution in [2.24, 2.45) is 0 Å². The zero-order valence-corrected chi connectivity index (χ0v) is 10.9. The van der Waals surface area contributed by atoms with Crippen LogP contribution < -0.4 is 10.6 Å². The van der Waals surface area contributed by atoms with Gasteiger partial charge in [-0.2, -0.15) is 0 Å². The minimum absolute atomic E-state index is 0.0560. The zero-order chi connectivity index (χ0) is 14.5. The van der Waals surface area contributed by atoms with Crippen LogP contribution in [0.3, 0.4) is 0 Å². The van der Waals surface area contributed by atoms with Crippen LogP contribution >= 0.6 is 0 Å². The molecule has 1 heterocycles. The van der Waals surface area contributed by atoms with E-state index < -0.39 is 17.5 Å². The summed E-state index contributed by atoms with van der Waals surface area (Å²) in [6.45, 7) is 2.54. The van der Waals surface area contributed by atoms with Gasteiger partial charge < -0.3 is 20.6 Å². The predicted octanol–water partition coefficient (Wildman–Crippen LogP) is -0.307. The molecule has 0 unspecified atom stereocenters. The zero-order valence-electron chi connectivity index (χ0n) is 10.9. The molecular weight excluding hydrogens is 265 g/mol. The lowest BCUT2D eigenvalue weighted by molar-refractivity contribution is -0.130. The molecule has 0 aliphatic carbocycles. The third-order valence-corrected chi connectivity index (χ3v) is 3.07. The number of hydrogen-bond donors (Lipinski definition) is 3. The Kier molecular flexibility index (Phi) is 4.52. The number of piperazine rings is 1. The first-order valence-electron chi connectivity index (χ1n) is 6.33. The van der Waals surface area contributed by atoms with Gasteiger partial charge in [0.25, 0.3) is 5.91 Å². The number of amides is 2. The van der Waals surface area contributed by atoms with E-state index in [0.717, 1.165) is 25.2 Å². The molecule has 20 heavy (non-hydrogen) atoms. The number of carbonyl (C=O) groups is 2. The van der Waals surface area contributed by atoms with Gasteiger partial charge >= 0.3 is 0 Å². The average Bonchev–Trinajstić information content (AvgIpc) is 2.45. The molecule has 1 aliphatic heterocycles. The van der Waals surface area contributed by atoms with Gasteiger partial charge in [-0.15, -0.1) is 0 Å². The van der Waals surface area contributed by atoms with Crippen LogP contribution in [0.5, 0.6) is 5.75 Å². The second-order valence-electron chi connectivity index (χ2n) is 4.47. The summed E-state index contributed by atoms with van der Waals surface area (Å²) in [6, 6.07) is 3.11. The molecule has 0 saturated carbocycles. The summed E-state index contributed by atoms with van der Waals surface area (Å²) in [5.41, 5.74) is -0.0560. The third kappa shape index (κ3) is 3.45. The molecule has 0 atom stereocenters. The van der Waals surface area contributed by atoms with Crippen LogP contribution in [-0.4, -0.2) is 54.5 Å². The molecule has 0 bridgehead atoms. The molecule has 1 fully saturated rings. The van der Waals surface area contributed by atoms with Gasteiger partial charge in [-0.3, -0.25) is 9.59 Å². The smallest absolute Gasteiger partial charge is 0.255 e. The lowest BCUT2D eigenvalue weighted by Crippen LogP contribution is -2.49. The Balaban J connectivity index is 1.89. The van der Waals surface area contributed by atoms with Crippen LogP contribution in [0.2, 0.25) is 0 Å². The first-order valence-corrected chi connectivity index (χ1v) is 6.33. The number of nitrogens with one attached hydrogen (secondary N) is 2. The Bertz CT molecular complexity index is 516. The summed E-state index contributed by atoms with van der Waals surface area (Å²) in [5.74, 6) is -1.86. The van der Waals surface area contributed by atoms with Gasteiger partial charge in [-0.1, -0.05) is 0 Å². The Hall–Kier alpha value is -2.15. The quantitative estimate of drug-likeness (QED) is 0.710. The van der Waals surface area contributed by atoms with Crippen molar-refractivity contribution in [3.8, 4) is 5.75 Å².